The van der Waals surface area contributed by atoms with E-state index in [1.54, 1.807) is 18.2 Å². The molecule has 2 saturated heterocycles. The van der Waals surface area contributed by atoms with Crippen molar-refractivity contribution in [3.63, 3.8) is 0 Å². The number of piperidine rings is 1. The molecule has 1 aromatic rings. The molecule has 0 radical (unpaired) electrons. The fraction of sp³-hybridized carbons (Fsp3) is 0.579. The van der Waals surface area contributed by atoms with Crippen molar-refractivity contribution >= 4 is 11.8 Å². The first kappa shape index (κ1) is 17.1. The Labute approximate surface area is 153 Å². The highest BCUT2D eigenvalue weighted by Gasteiger charge is 2.31. The van der Waals surface area contributed by atoms with Gasteiger partial charge in [-0.1, -0.05) is 0 Å². The Bertz CT molecular complexity index is 692. The topological polar surface area (TPSA) is 62.3 Å². The van der Waals surface area contributed by atoms with E-state index in [1.165, 1.54) is 0 Å². The van der Waals surface area contributed by atoms with Crippen LogP contribution in [-0.4, -0.2) is 79.6 Å². The maximum absolute atomic E-state index is 12.7. The molecule has 0 bridgehead atoms. The van der Waals surface area contributed by atoms with Crippen LogP contribution < -0.4 is 9.47 Å². The minimum Gasteiger partial charge on any atom is -0.454 e. The molecule has 2 fully saturated rings. The fourth-order valence-electron chi connectivity index (χ4n) is 3.83. The second kappa shape index (κ2) is 7.15. The summed E-state index contributed by atoms with van der Waals surface area (Å²) in [5.41, 5.74) is 0.609. The molecular formula is C19H25N3O4. The molecule has 7 heteroatoms. The van der Waals surface area contributed by atoms with Gasteiger partial charge in [0.2, 0.25) is 12.7 Å². The Morgan fingerprint density at radius 3 is 2.35 bits per heavy atom. The van der Waals surface area contributed by atoms with Crippen molar-refractivity contribution in [1.82, 2.24) is 14.7 Å². The van der Waals surface area contributed by atoms with Gasteiger partial charge in [0, 0.05) is 50.7 Å². The molecule has 2 amide bonds. The van der Waals surface area contributed by atoms with Gasteiger partial charge in [0.25, 0.3) is 5.91 Å². The van der Waals surface area contributed by atoms with Gasteiger partial charge in [-0.2, -0.15) is 0 Å². The van der Waals surface area contributed by atoms with Gasteiger partial charge in [-0.25, -0.2) is 0 Å². The second-order valence-electron chi connectivity index (χ2n) is 7.26. The van der Waals surface area contributed by atoms with E-state index in [2.05, 4.69) is 11.9 Å². The Kier molecular flexibility index (Phi) is 4.72. The zero-order valence-electron chi connectivity index (χ0n) is 15.1. The number of likely N-dealkylation sites (N-methyl/N-ethyl adjacent to an activating group) is 1. The lowest BCUT2D eigenvalue weighted by atomic mass is 9.94. The van der Waals surface area contributed by atoms with Crippen molar-refractivity contribution in [2.75, 3.05) is 53.1 Å². The molecule has 3 heterocycles. The summed E-state index contributed by atoms with van der Waals surface area (Å²) in [7, 11) is 2.09. The zero-order valence-corrected chi connectivity index (χ0v) is 15.1. The van der Waals surface area contributed by atoms with Crippen LogP contribution in [0.1, 0.15) is 23.2 Å². The summed E-state index contributed by atoms with van der Waals surface area (Å²) >= 11 is 0. The zero-order chi connectivity index (χ0) is 18.1. The van der Waals surface area contributed by atoms with Crippen LogP contribution >= 0.6 is 0 Å². The molecule has 7 nitrogen and oxygen atoms in total. The molecule has 4 rings (SSSR count). The SMILES string of the molecule is CN1CCN(C(=O)C2CCN(C(=O)c3ccc4c(c3)OCO4)CC2)CC1. The Morgan fingerprint density at radius 2 is 1.62 bits per heavy atom. The maximum atomic E-state index is 12.7. The van der Waals surface area contributed by atoms with Gasteiger partial charge in [0.1, 0.15) is 0 Å². The number of likely N-dealkylation sites (tertiary alicyclic amines) is 1. The van der Waals surface area contributed by atoms with Gasteiger partial charge in [-0.05, 0) is 38.1 Å². The van der Waals surface area contributed by atoms with E-state index < -0.39 is 0 Å². The van der Waals surface area contributed by atoms with Crippen LogP contribution in [0.25, 0.3) is 0 Å². The van der Waals surface area contributed by atoms with Crippen molar-refractivity contribution in [2.24, 2.45) is 5.92 Å². The Balaban J connectivity index is 1.33. The first-order chi connectivity index (χ1) is 12.6. The highest BCUT2D eigenvalue weighted by molar-refractivity contribution is 5.95. The summed E-state index contributed by atoms with van der Waals surface area (Å²) < 4.78 is 10.6. The highest BCUT2D eigenvalue weighted by Crippen LogP contribution is 2.33. The molecule has 140 valence electrons. The van der Waals surface area contributed by atoms with Crippen LogP contribution in [0.3, 0.4) is 0 Å². The number of benzene rings is 1. The van der Waals surface area contributed by atoms with Crippen molar-refractivity contribution in [1.29, 1.82) is 0 Å². The number of piperazine rings is 1. The third-order valence-electron chi connectivity index (χ3n) is 5.57. The van der Waals surface area contributed by atoms with Crippen molar-refractivity contribution in [3.8, 4) is 11.5 Å². The molecule has 0 aliphatic carbocycles. The normalized spacial score (nSPS) is 21.1. The maximum Gasteiger partial charge on any atom is 0.253 e. The van der Waals surface area contributed by atoms with E-state index in [0.29, 0.717) is 30.2 Å². The van der Waals surface area contributed by atoms with Crippen LogP contribution in [0.5, 0.6) is 11.5 Å². The lowest BCUT2D eigenvalue weighted by molar-refractivity contribution is -0.138. The molecule has 0 unspecified atom stereocenters. The highest BCUT2D eigenvalue weighted by atomic mass is 16.7. The number of ether oxygens (including phenoxy) is 2. The van der Waals surface area contributed by atoms with Crippen LogP contribution in [0.4, 0.5) is 0 Å². The van der Waals surface area contributed by atoms with Crippen LogP contribution in [-0.2, 0) is 4.79 Å². The fourth-order valence-corrected chi connectivity index (χ4v) is 3.83. The summed E-state index contributed by atoms with van der Waals surface area (Å²) in [6.45, 7) is 4.94. The first-order valence-electron chi connectivity index (χ1n) is 9.28. The molecule has 3 aliphatic heterocycles. The van der Waals surface area contributed by atoms with Gasteiger partial charge in [-0.15, -0.1) is 0 Å². The molecule has 3 aliphatic rings. The molecule has 26 heavy (non-hydrogen) atoms. The smallest absolute Gasteiger partial charge is 0.253 e. The van der Waals surface area contributed by atoms with Crippen LogP contribution in [0.2, 0.25) is 0 Å². The summed E-state index contributed by atoms with van der Waals surface area (Å²) in [5.74, 6) is 1.59. The number of hydrogen-bond donors (Lipinski definition) is 0. The predicted molar refractivity (Wildman–Crippen MR) is 95.3 cm³/mol. The van der Waals surface area contributed by atoms with E-state index in [4.69, 9.17) is 9.47 Å². The van der Waals surface area contributed by atoms with Crippen molar-refractivity contribution < 1.29 is 19.1 Å². The predicted octanol–water partition coefficient (Wildman–Crippen LogP) is 1.04. The average Bonchev–Trinajstić information content (AvgIpc) is 3.15. The quantitative estimate of drug-likeness (QED) is 0.790. The van der Waals surface area contributed by atoms with Gasteiger partial charge in [0.05, 0.1) is 0 Å². The van der Waals surface area contributed by atoms with E-state index in [1.807, 2.05) is 9.80 Å². The van der Waals surface area contributed by atoms with Crippen molar-refractivity contribution in [3.05, 3.63) is 23.8 Å². The van der Waals surface area contributed by atoms with E-state index in [-0.39, 0.29) is 24.5 Å². The molecule has 0 saturated carbocycles. The Morgan fingerprint density at radius 1 is 0.923 bits per heavy atom. The van der Waals surface area contributed by atoms with E-state index in [0.717, 1.165) is 39.0 Å². The molecule has 1 aromatic carbocycles. The Hall–Kier alpha value is -2.28. The van der Waals surface area contributed by atoms with Gasteiger partial charge in [0.15, 0.2) is 11.5 Å². The van der Waals surface area contributed by atoms with Gasteiger partial charge < -0.3 is 24.2 Å². The number of carbonyl (C=O) groups is 2. The summed E-state index contributed by atoms with van der Waals surface area (Å²) in [4.78, 5) is 31.5. The number of hydrogen-bond acceptors (Lipinski definition) is 5. The summed E-state index contributed by atoms with van der Waals surface area (Å²) in [6.07, 6.45) is 1.48. The standard InChI is InChI=1S/C19H25N3O4/c1-20-8-10-22(11-9-20)18(23)14-4-6-21(7-5-14)19(24)15-2-3-16-17(12-15)26-13-25-16/h2-3,12,14H,4-11,13H2,1H3. The molecular weight excluding hydrogens is 334 g/mol. The summed E-state index contributed by atoms with van der Waals surface area (Å²) in [5, 5.41) is 0. The van der Waals surface area contributed by atoms with Crippen molar-refractivity contribution in [2.45, 2.75) is 12.8 Å². The minimum absolute atomic E-state index is 0.00574. The number of rotatable bonds is 2. The van der Waals surface area contributed by atoms with Gasteiger partial charge in [-0.3, -0.25) is 9.59 Å². The third-order valence-corrected chi connectivity index (χ3v) is 5.57. The van der Waals surface area contributed by atoms with E-state index >= 15 is 0 Å². The number of amides is 2. The molecule has 0 aromatic heterocycles. The number of fused-ring (bicyclic) bond motifs is 1. The largest absolute Gasteiger partial charge is 0.454 e. The second-order valence-corrected chi connectivity index (χ2v) is 7.26. The lowest BCUT2D eigenvalue weighted by Gasteiger charge is -2.37. The molecule has 0 N–H and O–H groups in total. The monoisotopic (exact) mass is 359 g/mol. The lowest BCUT2D eigenvalue weighted by Crippen LogP contribution is -2.51. The minimum atomic E-state index is -0.00574. The van der Waals surface area contributed by atoms with Gasteiger partial charge >= 0.3 is 0 Å². The third kappa shape index (κ3) is 3.35. The first-order valence-corrected chi connectivity index (χ1v) is 9.28. The molecule has 0 atom stereocenters. The average molecular weight is 359 g/mol. The molecule has 0 spiro atoms. The van der Waals surface area contributed by atoms with Crippen LogP contribution in [0.15, 0.2) is 18.2 Å². The number of nitrogens with zero attached hydrogens (tertiary/aromatic N) is 3. The number of carbonyl (C=O) groups excluding carboxylic acids is 2. The van der Waals surface area contributed by atoms with Crippen LogP contribution in [0, 0.1) is 5.92 Å². The summed E-state index contributed by atoms with van der Waals surface area (Å²) in [6, 6.07) is 5.29. The van der Waals surface area contributed by atoms with E-state index in [9.17, 15) is 9.59 Å².